The van der Waals surface area contributed by atoms with E-state index in [1.165, 1.54) is 0 Å². The van der Waals surface area contributed by atoms with Gasteiger partial charge in [-0.2, -0.15) is 0 Å². The molecule has 0 radical (unpaired) electrons. The van der Waals surface area contributed by atoms with Gasteiger partial charge in [0.2, 0.25) is 0 Å². The summed E-state index contributed by atoms with van der Waals surface area (Å²) >= 11 is 0. The van der Waals surface area contributed by atoms with E-state index in [0.717, 1.165) is 11.3 Å². The van der Waals surface area contributed by atoms with Crippen LogP contribution in [0.3, 0.4) is 0 Å². The SMILES string of the molecule is CC[S@@](=O)c1ccccc1C(=O)OCc1ccc(C(=O)Nc2ccccc2)cc1. The van der Waals surface area contributed by atoms with E-state index in [9.17, 15) is 13.8 Å². The van der Waals surface area contributed by atoms with Gasteiger partial charge in [-0.3, -0.25) is 9.00 Å². The molecule has 0 heterocycles. The van der Waals surface area contributed by atoms with Crippen LogP contribution in [0.5, 0.6) is 0 Å². The van der Waals surface area contributed by atoms with E-state index in [2.05, 4.69) is 5.32 Å². The summed E-state index contributed by atoms with van der Waals surface area (Å²) in [4.78, 5) is 25.2. The van der Waals surface area contributed by atoms with Gasteiger partial charge in [0.1, 0.15) is 6.61 Å². The lowest BCUT2D eigenvalue weighted by Crippen LogP contribution is -2.12. The summed E-state index contributed by atoms with van der Waals surface area (Å²) in [6.45, 7) is 1.86. The van der Waals surface area contributed by atoms with Gasteiger partial charge in [-0.1, -0.05) is 49.4 Å². The molecule has 0 unspecified atom stereocenters. The minimum Gasteiger partial charge on any atom is -0.457 e. The van der Waals surface area contributed by atoms with Gasteiger partial charge < -0.3 is 10.1 Å². The van der Waals surface area contributed by atoms with E-state index in [-0.39, 0.29) is 12.5 Å². The Hall–Kier alpha value is -3.25. The fourth-order valence-electron chi connectivity index (χ4n) is 2.69. The van der Waals surface area contributed by atoms with Crippen molar-refractivity contribution in [3.8, 4) is 0 Å². The molecule has 1 N–H and O–H groups in total. The van der Waals surface area contributed by atoms with E-state index < -0.39 is 16.8 Å². The number of benzene rings is 3. The molecule has 0 saturated heterocycles. The summed E-state index contributed by atoms with van der Waals surface area (Å²) in [6, 6.07) is 22.8. The maximum absolute atomic E-state index is 12.4. The quantitative estimate of drug-likeness (QED) is 0.589. The number of esters is 1. The third kappa shape index (κ3) is 5.39. The van der Waals surface area contributed by atoms with Crippen molar-refractivity contribution >= 4 is 28.4 Å². The summed E-state index contributed by atoms with van der Waals surface area (Å²) in [5.41, 5.74) is 2.29. The maximum atomic E-state index is 12.4. The molecule has 0 aliphatic heterocycles. The Morgan fingerprint density at radius 2 is 1.55 bits per heavy atom. The predicted molar refractivity (Wildman–Crippen MR) is 113 cm³/mol. The molecular formula is C23H21NO4S. The highest BCUT2D eigenvalue weighted by Crippen LogP contribution is 2.16. The standard InChI is InChI=1S/C23H21NO4S/c1-2-29(27)21-11-7-6-10-20(21)23(26)28-16-17-12-14-18(15-13-17)22(25)24-19-8-4-3-5-9-19/h3-15H,2,16H2,1H3,(H,24,25)/t29-/m1/s1. The maximum Gasteiger partial charge on any atom is 0.339 e. The van der Waals surface area contributed by atoms with Crippen molar-refractivity contribution < 1.29 is 18.5 Å². The number of hydrogen-bond acceptors (Lipinski definition) is 4. The van der Waals surface area contributed by atoms with Gasteiger partial charge in [0, 0.05) is 17.0 Å². The van der Waals surface area contributed by atoms with E-state index in [1.54, 1.807) is 55.5 Å². The molecule has 5 nitrogen and oxygen atoms in total. The van der Waals surface area contributed by atoms with E-state index in [4.69, 9.17) is 4.74 Å². The first-order valence-corrected chi connectivity index (χ1v) is 10.5. The second-order valence-corrected chi connectivity index (χ2v) is 7.93. The lowest BCUT2D eigenvalue weighted by Gasteiger charge is -2.09. The summed E-state index contributed by atoms with van der Waals surface area (Å²) in [6.07, 6.45) is 0. The zero-order valence-electron chi connectivity index (χ0n) is 16.0. The summed E-state index contributed by atoms with van der Waals surface area (Å²) < 4.78 is 17.5. The molecule has 0 aliphatic rings. The second kappa shape index (κ2) is 9.80. The van der Waals surface area contributed by atoms with Crippen molar-refractivity contribution in [3.05, 3.63) is 95.6 Å². The van der Waals surface area contributed by atoms with Gasteiger partial charge in [0.25, 0.3) is 5.91 Å². The number of ether oxygens (including phenoxy) is 1. The monoisotopic (exact) mass is 407 g/mol. The van der Waals surface area contributed by atoms with Gasteiger partial charge in [0.05, 0.1) is 21.3 Å². The zero-order valence-corrected chi connectivity index (χ0v) is 16.8. The molecule has 3 aromatic rings. The van der Waals surface area contributed by atoms with E-state index >= 15 is 0 Å². The number of nitrogens with one attached hydrogen (secondary N) is 1. The fraction of sp³-hybridized carbons (Fsp3) is 0.130. The minimum absolute atomic E-state index is 0.0620. The molecule has 0 aromatic heterocycles. The highest BCUT2D eigenvalue weighted by molar-refractivity contribution is 7.85. The van der Waals surface area contributed by atoms with E-state index in [1.807, 2.05) is 30.3 Å². The number of para-hydroxylation sites is 1. The van der Waals surface area contributed by atoms with Crippen molar-refractivity contribution in [2.45, 2.75) is 18.4 Å². The van der Waals surface area contributed by atoms with Crippen LogP contribution >= 0.6 is 0 Å². The van der Waals surface area contributed by atoms with Crippen LogP contribution in [-0.4, -0.2) is 21.8 Å². The molecule has 0 spiro atoms. The van der Waals surface area contributed by atoms with E-state index in [0.29, 0.717) is 21.8 Å². The third-order valence-corrected chi connectivity index (χ3v) is 5.60. The molecule has 148 valence electrons. The molecule has 3 rings (SSSR count). The third-order valence-electron chi connectivity index (χ3n) is 4.23. The van der Waals surface area contributed by atoms with Crippen molar-refractivity contribution in [2.75, 3.05) is 11.1 Å². The average molecular weight is 407 g/mol. The van der Waals surface area contributed by atoms with Crippen molar-refractivity contribution in [2.24, 2.45) is 0 Å². The molecule has 29 heavy (non-hydrogen) atoms. The molecule has 1 atom stereocenters. The van der Waals surface area contributed by atoms with Gasteiger partial charge in [0.15, 0.2) is 0 Å². The number of anilines is 1. The summed E-state index contributed by atoms with van der Waals surface area (Å²) in [7, 11) is -1.24. The zero-order chi connectivity index (χ0) is 20.6. The van der Waals surface area contributed by atoms with Crippen LogP contribution in [0.25, 0.3) is 0 Å². The topological polar surface area (TPSA) is 72.5 Å². The predicted octanol–water partition coefficient (Wildman–Crippen LogP) is 4.42. The number of carbonyl (C=O) groups excluding carboxylic acids is 2. The average Bonchev–Trinajstić information content (AvgIpc) is 2.78. The summed E-state index contributed by atoms with van der Waals surface area (Å²) in [5.74, 6) is -0.305. The van der Waals surface area contributed by atoms with Crippen molar-refractivity contribution in [1.29, 1.82) is 0 Å². The molecule has 3 aromatic carbocycles. The Bertz CT molecular complexity index is 1020. The van der Waals surface area contributed by atoms with Crippen LogP contribution in [0.4, 0.5) is 5.69 Å². The number of carbonyl (C=O) groups is 2. The van der Waals surface area contributed by atoms with Gasteiger partial charge in [-0.15, -0.1) is 0 Å². The fourth-order valence-corrected chi connectivity index (χ4v) is 3.63. The van der Waals surface area contributed by atoms with Crippen LogP contribution in [0.2, 0.25) is 0 Å². The van der Waals surface area contributed by atoms with Crippen molar-refractivity contribution in [3.63, 3.8) is 0 Å². The smallest absolute Gasteiger partial charge is 0.339 e. The first kappa shape index (κ1) is 20.5. The van der Waals surface area contributed by atoms with Crippen LogP contribution < -0.4 is 5.32 Å². The highest BCUT2D eigenvalue weighted by atomic mass is 32.2. The number of hydrogen-bond donors (Lipinski definition) is 1. The molecular weight excluding hydrogens is 386 g/mol. The first-order chi connectivity index (χ1) is 14.1. The molecule has 0 bridgehead atoms. The molecule has 0 fully saturated rings. The number of rotatable bonds is 7. The lowest BCUT2D eigenvalue weighted by atomic mass is 10.1. The van der Waals surface area contributed by atoms with Gasteiger partial charge in [-0.05, 0) is 42.0 Å². The normalized spacial score (nSPS) is 11.5. The molecule has 0 aliphatic carbocycles. The molecule has 6 heteroatoms. The molecule has 0 saturated carbocycles. The van der Waals surface area contributed by atoms with Crippen LogP contribution in [0.1, 0.15) is 33.2 Å². The Morgan fingerprint density at radius 3 is 2.24 bits per heavy atom. The van der Waals surface area contributed by atoms with Gasteiger partial charge in [-0.25, -0.2) is 4.79 Å². The van der Waals surface area contributed by atoms with Crippen LogP contribution in [0.15, 0.2) is 83.8 Å². The van der Waals surface area contributed by atoms with Crippen LogP contribution in [-0.2, 0) is 22.1 Å². The van der Waals surface area contributed by atoms with Crippen molar-refractivity contribution in [1.82, 2.24) is 0 Å². The second-order valence-electron chi connectivity index (χ2n) is 6.22. The number of amides is 1. The first-order valence-electron chi connectivity index (χ1n) is 9.18. The Morgan fingerprint density at radius 1 is 0.897 bits per heavy atom. The van der Waals surface area contributed by atoms with Gasteiger partial charge >= 0.3 is 5.97 Å². The largest absolute Gasteiger partial charge is 0.457 e. The molecule has 1 amide bonds. The Labute approximate surface area is 172 Å². The minimum atomic E-state index is -1.24. The van der Waals surface area contributed by atoms with Crippen LogP contribution in [0, 0.1) is 0 Å². The Kier molecular flexibility index (Phi) is 6.92. The highest BCUT2D eigenvalue weighted by Gasteiger charge is 2.16. The lowest BCUT2D eigenvalue weighted by molar-refractivity contribution is 0.0468. The Balaban J connectivity index is 1.61. The summed E-state index contributed by atoms with van der Waals surface area (Å²) in [5, 5.41) is 2.82.